The Balaban J connectivity index is 1.13. The predicted molar refractivity (Wildman–Crippen MR) is 330 cm³/mol. The first-order valence-electron chi connectivity index (χ1n) is 27.2. The van der Waals surface area contributed by atoms with Crippen molar-refractivity contribution in [1.82, 2.24) is 4.57 Å². The van der Waals surface area contributed by atoms with Gasteiger partial charge in [0, 0.05) is 75.7 Å². The SMILES string of the molecule is CC(C)(C)c1ccc(Nc2cc3c(cc2-c2c4c5c(c6cc(C(C)(C)C)ccc6n5-c5cc6c(-c7ccccc7)c(-c7ccccc7)sc6cc5B4)c4c2oc2ccccc24)-c2ccc(C(C)(C)C)cc2C3(C)C)cc1. The molecule has 1 N–H and O–H groups in total. The largest absolute Gasteiger partial charge is 0.455 e. The van der Waals surface area contributed by atoms with E-state index in [1.165, 1.54) is 114 Å². The van der Waals surface area contributed by atoms with Crippen molar-refractivity contribution in [3.63, 3.8) is 0 Å². The maximum atomic E-state index is 7.45. The van der Waals surface area contributed by atoms with Crippen molar-refractivity contribution in [1.29, 1.82) is 0 Å². The van der Waals surface area contributed by atoms with Crippen LogP contribution in [0.5, 0.6) is 0 Å². The number of nitrogens with zero attached hydrogens (tertiary/aromatic N) is 1. The van der Waals surface area contributed by atoms with Gasteiger partial charge in [0.25, 0.3) is 0 Å². The van der Waals surface area contributed by atoms with Crippen molar-refractivity contribution >= 4 is 94.7 Å². The van der Waals surface area contributed by atoms with E-state index in [1.807, 2.05) is 11.3 Å². The number of benzene rings is 9. The highest BCUT2D eigenvalue weighted by molar-refractivity contribution is 7.23. The van der Waals surface area contributed by atoms with Crippen molar-refractivity contribution < 1.29 is 4.42 Å². The summed E-state index contributed by atoms with van der Waals surface area (Å²) in [5.41, 5.74) is 25.4. The van der Waals surface area contributed by atoms with E-state index in [0.29, 0.717) is 0 Å². The van der Waals surface area contributed by atoms with E-state index in [0.717, 1.165) is 46.3 Å². The highest BCUT2D eigenvalue weighted by Gasteiger charge is 2.39. The first-order chi connectivity index (χ1) is 36.3. The number of nitrogens with one attached hydrogen (secondary N) is 1. The van der Waals surface area contributed by atoms with Crippen LogP contribution in [0.25, 0.3) is 103 Å². The minimum Gasteiger partial charge on any atom is -0.455 e. The summed E-state index contributed by atoms with van der Waals surface area (Å²) in [4.78, 5) is 1.30. The van der Waals surface area contributed by atoms with Gasteiger partial charge in [-0.25, -0.2) is 0 Å². The van der Waals surface area contributed by atoms with Crippen molar-refractivity contribution in [3.8, 4) is 49.5 Å². The maximum Gasteiger partial charge on any atom is 0.198 e. The van der Waals surface area contributed by atoms with Gasteiger partial charge in [0.05, 0.1) is 11.0 Å². The van der Waals surface area contributed by atoms with Crippen molar-refractivity contribution in [3.05, 3.63) is 198 Å². The van der Waals surface area contributed by atoms with Gasteiger partial charge in [-0.15, -0.1) is 11.3 Å². The summed E-state index contributed by atoms with van der Waals surface area (Å²) in [6, 6.07) is 64.4. The smallest absolute Gasteiger partial charge is 0.198 e. The number of thiophene rings is 1. The molecule has 3 nitrogen and oxygen atoms in total. The molecule has 0 fully saturated rings. The van der Waals surface area contributed by atoms with Crippen LogP contribution in [0.4, 0.5) is 11.4 Å². The van der Waals surface area contributed by atoms with E-state index >= 15 is 0 Å². The number of hydrogen-bond donors (Lipinski definition) is 1. The monoisotopic (exact) mass is 1000 g/mol. The molecule has 9 aromatic carbocycles. The van der Waals surface area contributed by atoms with Crippen LogP contribution in [0.1, 0.15) is 104 Å². The molecule has 3 aromatic heterocycles. The molecule has 1 aliphatic carbocycles. The van der Waals surface area contributed by atoms with E-state index in [1.54, 1.807) is 0 Å². The number of anilines is 2. The molecule has 1 aliphatic heterocycles. The highest BCUT2D eigenvalue weighted by atomic mass is 32.1. The van der Waals surface area contributed by atoms with E-state index in [9.17, 15) is 0 Å². The molecule has 0 bridgehead atoms. The van der Waals surface area contributed by atoms with E-state index in [4.69, 9.17) is 4.42 Å². The number of rotatable bonds is 5. The molecule has 0 atom stereocenters. The van der Waals surface area contributed by atoms with Gasteiger partial charge >= 0.3 is 0 Å². The van der Waals surface area contributed by atoms with Crippen molar-refractivity contribution in [2.45, 2.75) is 97.8 Å². The van der Waals surface area contributed by atoms with Crippen LogP contribution in [0.3, 0.4) is 0 Å². The Kier molecular flexibility index (Phi) is 10.0. The lowest BCUT2D eigenvalue weighted by Crippen LogP contribution is -2.37. The molecule has 76 heavy (non-hydrogen) atoms. The van der Waals surface area contributed by atoms with Gasteiger partial charge in [0.2, 0.25) is 0 Å². The number of furan rings is 1. The Bertz CT molecular complexity index is 4390. The first kappa shape index (κ1) is 46.9. The number of fused-ring (bicyclic) bond motifs is 13. The minimum absolute atomic E-state index is 0.0191. The molecule has 5 heteroatoms. The lowest BCUT2D eigenvalue weighted by atomic mass is 9.58. The predicted octanol–water partition coefficient (Wildman–Crippen LogP) is 18.5. The third-order valence-electron chi connectivity index (χ3n) is 17.1. The van der Waals surface area contributed by atoms with Gasteiger partial charge in [-0.1, -0.05) is 197 Å². The topological polar surface area (TPSA) is 30.1 Å². The Morgan fingerprint density at radius 2 is 1.16 bits per heavy atom. The number of hydrogen-bond acceptors (Lipinski definition) is 3. The van der Waals surface area contributed by atoms with Crippen LogP contribution in [-0.2, 0) is 21.7 Å². The second-order valence-corrected chi connectivity index (χ2v) is 26.5. The third-order valence-corrected chi connectivity index (χ3v) is 18.3. The third kappa shape index (κ3) is 7.00. The lowest BCUT2D eigenvalue weighted by molar-refractivity contribution is 0.584. The van der Waals surface area contributed by atoms with Crippen LogP contribution in [0.15, 0.2) is 174 Å². The Hall–Kier alpha value is -7.60. The van der Waals surface area contributed by atoms with Gasteiger partial charge in [0.1, 0.15) is 11.2 Å². The zero-order chi connectivity index (χ0) is 52.4. The molecular formula is C71H63BN2OS. The second-order valence-electron chi connectivity index (χ2n) is 25.4. The second kappa shape index (κ2) is 16.2. The summed E-state index contributed by atoms with van der Waals surface area (Å²) in [6.07, 6.45) is 0. The molecule has 14 rings (SSSR count). The normalized spacial score (nSPS) is 13.9. The number of aromatic nitrogens is 1. The molecule has 0 radical (unpaired) electrons. The molecule has 0 saturated heterocycles. The molecule has 12 aromatic rings. The fourth-order valence-corrected chi connectivity index (χ4v) is 14.2. The molecule has 372 valence electrons. The summed E-state index contributed by atoms with van der Waals surface area (Å²) in [7, 11) is 0.736. The molecule has 0 unspecified atom stereocenters. The van der Waals surface area contributed by atoms with Crippen LogP contribution < -0.4 is 16.2 Å². The van der Waals surface area contributed by atoms with Crippen LogP contribution in [0.2, 0.25) is 0 Å². The van der Waals surface area contributed by atoms with Gasteiger partial charge in [-0.3, -0.25) is 0 Å². The molecular weight excluding hydrogens is 940 g/mol. The minimum atomic E-state index is -0.233. The molecule has 0 saturated carbocycles. The zero-order valence-electron chi connectivity index (χ0n) is 45.6. The summed E-state index contributed by atoms with van der Waals surface area (Å²) in [5.74, 6) is 0. The zero-order valence-corrected chi connectivity index (χ0v) is 46.5. The Morgan fingerprint density at radius 3 is 1.87 bits per heavy atom. The van der Waals surface area contributed by atoms with Crippen molar-refractivity contribution in [2.24, 2.45) is 0 Å². The van der Waals surface area contributed by atoms with E-state index in [-0.39, 0.29) is 21.7 Å². The van der Waals surface area contributed by atoms with Crippen LogP contribution in [0, 0.1) is 0 Å². The average molecular weight is 1000 g/mol. The molecule has 4 heterocycles. The molecule has 2 aliphatic rings. The lowest BCUT2D eigenvalue weighted by Gasteiger charge is -2.27. The maximum absolute atomic E-state index is 7.45. The quantitative estimate of drug-likeness (QED) is 0.174. The summed E-state index contributed by atoms with van der Waals surface area (Å²) in [6.45, 7) is 25.7. The van der Waals surface area contributed by atoms with Crippen molar-refractivity contribution in [2.75, 3.05) is 5.32 Å². The number of para-hydroxylation sites is 1. The summed E-state index contributed by atoms with van der Waals surface area (Å²) >= 11 is 1.91. The van der Waals surface area contributed by atoms with Gasteiger partial charge in [0.15, 0.2) is 7.28 Å². The molecule has 0 amide bonds. The van der Waals surface area contributed by atoms with Gasteiger partial charge < -0.3 is 14.3 Å². The average Bonchev–Trinajstić information content (AvgIpc) is 4.31. The Labute approximate surface area is 451 Å². The van der Waals surface area contributed by atoms with Gasteiger partial charge in [-0.05, 0) is 126 Å². The fraction of sp³-hybridized carbons (Fsp3) is 0.211. The summed E-state index contributed by atoms with van der Waals surface area (Å²) in [5, 5.41) is 10.2. The van der Waals surface area contributed by atoms with E-state index in [2.05, 4.69) is 256 Å². The summed E-state index contributed by atoms with van der Waals surface area (Å²) < 4.78 is 11.4. The molecule has 0 spiro atoms. The fourth-order valence-electron chi connectivity index (χ4n) is 12.9. The first-order valence-corrected chi connectivity index (χ1v) is 28.0. The van der Waals surface area contributed by atoms with E-state index < -0.39 is 0 Å². The van der Waals surface area contributed by atoms with Gasteiger partial charge in [-0.2, -0.15) is 0 Å². The Morgan fingerprint density at radius 1 is 0.526 bits per heavy atom. The van der Waals surface area contributed by atoms with Crippen LogP contribution in [-0.4, -0.2) is 11.8 Å². The highest BCUT2D eigenvalue weighted by Crippen LogP contribution is 2.55. The van der Waals surface area contributed by atoms with Crippen LogP contribution >= 0.6 is 11.3 Å². The standard InChI is InChI=1S/C71H63BN2OS/c1-68(2,3)42-26-30-45(31-27-42)73-55-38-53-48(46-32-28-44(70(7,8)9)35-52(46)71(53,10)11)36-49(55)63-64-65-61(62-47-24-18-19-25-58(47)75-66(62)63)50-34-43(69(4,5)6)29-33-56(50)74(65)57-37-51-59(39-54(57)72-64)76-67(41-22-16-13-17-23-41)60(51)40-20-14-12-15-21-40/h12-39,72-73H,1-11H3.